The first-order chi connectivity index (χ1) is 24.7. The third kappa shape index (κ3) is 36.6. The van der Waals surface area contributed by atoms with Crippen LogP contribution in [-0.4, -0.2) is 60.8 Å². The highest BCUT2D eigenvalue weighted by Gasteiger charge is 2.21. The zero-order chi connectivity index (χ0) is 37.7. The minimum absolute atomic E-state index is 0.158. The number of rotatable bonds is 38. The third-order valence-corrected chi connectivity index (χ3v) is 9.50. The number of carbonyl (C=O) groups excluding carboxylic acids is 2. The second-order valence-corrected chi connectivity index (χ2v) is 15.0. The summed E-state index contributed by atoms with van der Waals surface area (Å²) in [5, 5.41) is 18.2. The summed E-state index contributed by atoms with van der Waals surface area (Å²) in [5.74, 6) is -0.979. The van der Waals surface area contributed by atoms with Gasteiger partial charge in [0.05, 0.1) is 19.8 Å². The number of allylic oxidation sites excluding steroid dienone is 4. The summed E-state index contributed by atoms with van der Waals surface area (Å²) in [6.45, 7) is 2.15. The van der Waals surface area contributed by atoms with Gasteiger partial charge in [0.15, 0.2) is 6.10 Å². The Labute approximate surface area is 310 Å². The molecule has 0 rings (SSSR count). The van der Waals surface area contributed by atoms with E-state index in [0.717, 1.165) is 77.0 Å². The molecule has 0 amide bonds. The zero-order valence-electron chi connectivity index (χ0n) is 32.3. The molecule has 0 heterocycles. The first kappa shape index (κ1) is 49.5. The smallest absolute Gasteiger partial charge is 0.306 e. The van der Waals surface area contributed by atoms with Gasteiger partial charge >= 0.3 is 11.9 Å². The molecule has 0 radical (unpaired) electrons. The first-order valence-electron chi connectivity index (χ1n) is 20.3. The average molecular weight is 746 g/mol. The number of hydrogen-bond donors (Lipinski definition) is 2. The van der Waals surface area contributed by atoms with Gasteiger partial charge < -0.3 is 33.6 Å². The second kappa shape index (κ2) is 36.8. The van der Waals surface area contributed by atoms with Crippen molar-refractivity contribution in [2.45, 2.75) is 193 Å². The van der Waals surface area contributed by atoms with E-state index in [0.29, 0.717) is 12.8 Å². The van der Waals surface area contributed by atoms with Crippen LogP contribution in [0.25, 0.3) is 0 Å². The summed E-state index contributed by atoms with van der Waals surface area (Å²) in [6, 6.07) is 0. The molecule has 11 heteroatoms. The molecule has 2 N–H and O–H groups in total. The van der Waals surface area contributed by atoms with Crippen molar-refractivity contribution >= 4 is 19.8 Å². The van der Waals surface area contributed by atoms with Crippen molar-refractivity contribution in [2.24, 2.45) is 0 Å². The van der Waals surface area contributed by atoms with E-state index in [9.17, 15) is 24.2 Å². The molecular weight excluding hydrogens is 671 g/mol. The number of unbranched alkanes of at least 4 members (excludes halogenated alkanes) is 20. The lowest BCUT2D eigenvalue weighted by atomic mass is 10.1. The molecule has 0 saturated heterocycles. The molecule has 3 atom stereocenters. The van der Waals surface area contributed by atoms with Crippen molar-refractivity contribution in [2.75, 3.05) is 26.4 Å². The van der Waals surface area contributed by atoms with Crippen LogP contribution in [-0.2, 0) is 32.7 Å². The van der Waals surface area contributed by atoms with E-state index in [1.807, 2.05) is 0 Å². The number of phosphoric ester groups is 1. The Morgan fingerprint density at radius 3 is 1.45 bits per heavy atom. The minimum Gasteiger partial charge on any atom is -0.756 e. The lowest BCUT2D eigenvalue weighted by Gasteiger charge is -2.26. The maximum Gasteiger partial charge on any atom is 0.306 e. The second-order valence-electron chi connectivity index (χ2n) is 13.6. The van der Waals surface area contributed by atoms with Crippen molar-refractivity contribution in [3.63, 3.8) is 0 Å². The molecule has 0 fully saturated rings. The molecule has 0 aliphatic carbocycles. The molecular formula is C40H74O10P-. The Bertz CT molecular complexity index is 910. The number of ether oxygens (including phenoxy) is 2. The number of hydrogen-bond acceptors (Lipinski definition) is 10. The number of aliphatic hydroxyl groups is 2. The van der Waals surface area contributed by atoms with Crippen LogP contribution in [0.4, 0.5) is 0 Å². The maximum absolute atomic E-state index is 12.5. The predicted octanol–water partition coefficient (Wildman–Crippen LogP) is 9.59. The van der Waals surface area contributed by atoms with E-state index in [1.165, 1.54) is 64.2 Å². The topological polar surface area (TPSA) is 152 Å². The quantitative estimate of drug-likeness (QED) is 0.0271. The molecule has 0 spiro atoms. The van der Waals surface area contributed by atoms with Gasteiger partial charge in [0, 0.05) is 12.8 Å². The molecule has 300 valence electrons. The largest absolute Gasteiger partial charge is 0.756 e. The Kier molecular flexibility index (Phi) is 35.7. The van der Waals surface area contributed by atoms with Crippen molar-refractivity contribution in [1.29, 1.82) is 0 Å². The third-order valence-electron chi connectivity index (χ3n) is 8.57. The van der Waals surface area contributed by atoms with Gasteiger partial charge in [-0.25, -0.2) is 0 Å². The van der Waals surface area contributed by atoms with Gasteiger partial charge in [-0.2, -0.15) is 0 Å². The molecule has 0 aromatic rings. The van der Waals surface area contributed by atoms with E-state index >= 15 is 0 Å². The van der Waals surface area contributed by atoms with Crippen molar-refractivity contribution in [3.05, 3.63) is 24.3 Å². The van der Waals surface area contributed by atoms with Crippen LogP contribution in [0.2, 0.25) is 0 Å². The zero-order valence-corrected chi connectivity index (χ0v) is 33.2. The summed E-state index contributed by atoms with van der Waals surface area (Å²) in [4.78, 5) is 37.0. The van der Waals surface area contributed by atoms with Gasteiger partial charge in [-0.05, 0) is 64.2 Å². The Hall–Kier alpha value is -1.55. The van der Waals surface area contributed by atoms with Crippen LogP contribution in [0.15, 0.2) is 24.3 Å². The normalized spacial score (nSPS) is 14.2. The molecule has 1 unspecified atom stereocenters. The van der Waals surface area contributed by atoms with Crippen LogP contribution >= 0.6 is 7.82 Å². The summed E-state index contributed by atoms with van der Waals surface area (Å²) in [6.07, 6.45) is 34.0. The van der Waals surface area contributed by atoms with Gasteiger partial charge in [-0.3, -0.25) is 14.2 Å². The standard InChI is InChI=1S/C40H75O10P/c1-3-5-7-9-11-13-15-17-18-20-21-23-25-27-29-31-39(43)47-35-38(36-49-51(45,46)48-34-37(42)33-41)50-40(44)32-30-28-26-24-22-19-16-14-12-10-8-6-4-2/h14,16-18,37-38,41-42H,3-13,15,19-36H2,1-2H3,(H,45,46)/p-1/b16-14-,18-17-/t37-,38+/m0/s1. The van der Waals surface area contributed by atoms with Gasteiger partial charge in [0.2, 0.25) is 0 Å². The molecule has 0 aliphatic rings. The van der Waals surface area contributed by atoms with Crippen LogP contribution in [0.3, 0.4) is 0 Å². The molecule has 10 nitrogen and oxygen atoms in total. The maximum atomic E-state index is 12.5. The molecule has 0 bridgehead atoms. The minimum atomic E-state index is -4.86. The monoisotopic (exact) mass is 746 g/mol. The Morgan fingerprint density at radius 1 is 0.588 bits per heavy atom. The predicted molar refractivity (Wildman–Crippen MR) is 203 cm³/mol. The lowest BCUT2D eigenvalue weighted by molar-refractivity contribution is -0.230. The van der Waals surface area contributed by atoms with Crippen LogP contribution < -0.4 is 4.89 Å². The Balaban J connectivity index is 4.35. The van der Waals surface area contributed by atoms with E-state index in [2.05, 4.69) is 42.7 Å². The van der Waals surface area contributed by atoms with E-state index in [4.69, 9.17) is 19.1 Å². The molecule has 0 aromatic carbocycles. The number of aliphatic hydroxyl groups excluding tert-OH is 2. The number of carbonyl (C=O) groups is 2. The first-order valence-corrected chi connectivity index (χ1v) is 21.7. The lowest BCUT2D eigenvalue weighted by Crippen LogP contribution is -2.30. The summed E-state index contributed by atoms with van der Waals surface area (Å²) >= 11 is 0. The number of esters is 2. The van der Waals surface area contributed by atoms with Crippen molar-refractivity contribution in [1.82, 2.24) is 0 Å². The van der Waals surface area contributed by atoms with Crippen molar-refractivity contribution in [3.8, 4) is 0 Å². The number of phosphoric acid groups is 1. The molecule has 51 heavy (non-hydrogen) atoms. The van der Waals surface area contributed by atoms with E-state index in [1.54, 1.807) is 0 Å². The highest BCUT2D eigenvalue weighted by molar-refractivity contribution is 7.45. The van der Waals surface area contributed by atoms with E-state index in [-0.39, 0.29) is 19.4 Å². The van der Waals surface area contributed by atoms with E-state index < -0.39 is 51.8 Å². The summed E-state index contributed by atoms with van der Waals surface area (Å²) in [5.41, 5.74) is 0. The van der Waals surface area contributed by atoms with Gasteiger partial charge in [0.25, 0.3) is 7.82 Å². The van der Waals surface area contributed by atoms with Gasteiger partial charge in [-0.15, -0.1) is 0 Å². The van der Waals surface area contributed by atoms with Crippen LogP contribution in [0, 0.1) is 0 Å². The van der Waals surface area contributed by atoms with Crippen LogP contribution in [0.5, 0.6) is 0 Å². The fraction of sp³-hybridized carbons (Fsp3) is 0.850. The van der Waals surface area contributed by atoms with Crippen LogP contribution in [0.1, 0.15) is 181 Å². The highest BCUT2D eigenvalue weighted by atomic mass is 31.2. The summed E-state index contributed by atoms with van der Waals surface area (Å²) in [7, 11) is -4.86. The SMILES string of the molecule is CCCCCC/C=C\CCCCCCCC(=O)O[C@H](COC(=O)CCCCCCC/C=C\CCCCCCCC)COP(=O)([O-])OC[C@@H](O)CO. The van der Waals surface area contributed by atoms with Crippen molar-refractivity contribution < 1.29 is 47.8 Å². The van der Waals surface area contributed by atoms with Gasteiger partial charge in [-0.1, -0.05) is 128 Å². The summed E-state index contributed by atoms with van der Waals surface area (Å²) < 4.78 is 32.2. The molecule has 0 aromatic heterocycles. The Morgan fingerprint density at radius 2 is 0.980 bits per heavy atom. The molecule has 0 saturated carbocycles. The average Bonchev–Trinajstić information content (AvgIpc) is 3.12. The molecule has 0 aliphatic heterocycles. The fourth-order valence-corrected chi connectivity index (χ4v) is 6.17. The fourth-order valence-electron chi connectivity index (χ4n) is 5.39. The van der Waals surface area contributed by atoms with Gasteiger partial charge in [0.1, 0.15) is 12.7 Å². The highest BCUT2D eigenvalue weighted by Crippen LogP contribution is 2.38.